The maximum Gasteiger partial charge on any atom is 0.266 e. The first-order valence-electron chi connectivity index (χ1n) is 11.3. The number of nitriles is 1. The summed E-state index contributed by atoms with van der Waals surface area (Å²) in [5.74, 6) is 0.201. The van der Waals surface area contributed by atoms with E-state index >= 15 is 0 Å². The van der Waals surface area contributed by atoms with Gasteiger partial charge in [-0.05, 0) is 66.2 Å². The predicted molar refractivity (Wildman–Crippen MR) is 142 cm³/mol. The Labute approximate surface area is 207 Å². The number of anilines is 1. The zero-order valence-corrected chi connectivity index (χ0v) is 19.1. The summed E-state index contributed by atoms with van der Waals surface area (Å²) >= 11 is 0. The van der Waals surface area contributed by atoms with Crippen LogP contribution in [0.5, 0.6) is 0 Å². The molecule has 1 heterocycles. The monoisotopic (exact) mass is 468 g/mol. The van der Waals surface area contributed by atoms with Crippen molar-refractivity contribution < 1.29 is 4.79 Å². The van der Waals surface area contributed by atoms with Gasteiger partial charge in [-0.25, -0.2) is 4.98 Å². The summed E-state index contributed by atoms with van der Waals surface area (Å²) in [6.07, 6.45) is 3.61. The molecular weight excluding hydrogens is 448 g/mol. The van der Waals surface area contributed by atoms with E-state index in [0.717, 1.165) is 5.56 Å². The van der Waals surface area contributed by atoms with Gasteiger partial charge in [-0.2, -0.15) is 5.26 Å². The Hall–Kier alpha value is -5.28. The molecule has 6 heteroatoms. The molecule has 4 aromatic carbocycles. The second-order valence-electron chi connectivity index (χ2n) is 8.07. The second-order valence-corrected chi connectivity index (χ2v) is 8.07. The fourth-order valence-electron chi connectivity index (χ4n) is 3.87. The highest BCUT2D eigenvalue weighted by molar-refractivity contribution is 6.04. The van der Waals surface area contributed by atoms with Crippen LogP contribution >= 0.6 is 0 Å². The Morgan fingerprint density at radius 1 is 0.861 bits per heavy atom. The van der Waals surface area contributed by atoms with Crippen LogP contribution in [0.4, 0.5) is 5.69 Å². The molecule has 0 aliphatic heterocycles. The molecule has 0 bridgehead atoms. The van der Waals surface area contributed by atoms with E-state index in [1.54, 1.807) is 84.9 Å². The summed E-state index contributed by atoms with van der Waals surface area (Å²) in [4.78, 5) is 31.0. The molecule has 0 saturated carbocycles. The summed E-state index contributed by atoms with van der Waals surface area (Å²) in [6.45, 7) is 0. The van der Waals surface area contributed by atoms with E-state index in [1.165, 1.54) is 4.57 Å². The van der Waals surface area contributed by atoms with E-state index in [-0.39, 0.29) is 11.5 Å². The molecule has 0 atom stereocenters. The number of fused-ring (bicyclic) bond motifs is 1. The fraction of sp³-hybridized carbons (Fsp3) is 0. The number of aromatic nitrogens is 2. The third-order valence-corrected chi connectivity index (χ3v) is 5.66. The minimum atomic E-state index is -0.238. The molecule has 5 rings (SSSR count). The third kappa shape index (κ3) is 4.67. The number of amides is 1. The molecule has 0 spiro atoms. The van der Waals surface area contributed by atoms with Crippen LogP contribution in [-0.4, -0.2) is 15.5 Å². The van der Waals surface area contributed by atoms with Gasteiger partial charge in [0.1, 0.15) is 5.82 Å². The Morgan fingerprint density at radius 2 is 1.61 bits per heavy atom. The van der Waals surface area contributed by atoms with Crippen molar-refractivity contribution in [2.75, 3.05) is 5.32 Å². The van der Waals surface area contributed by atoms with Gasteiger partial charge in [-0.3, -0.25) is 14.2 Å². The lowest BCUT2D eigenvalue weighted by Gasteiger charge is -2.13. The molecule has 1 aromatic heterocycles. The van der Waals surface area contributed by atoms with Gasteiger partial charge in [0.2, 0.25) is 0 Å². The molecule has 36 heavy (non-hydrogen) atoms. The summed E-state index contributed by atoms with van der Waals surface area (Å²) in [6, 6.07) is 32.5. The standard InChI is InChI=1S/C30H20N4O2/c31-20-22-15-13-21(14-16-22)17-18-28-33-27-12-5-4-11-26(27)30(36)34(28)25-10-6-9-24(19-25)32-29(35)23-7-2-1-3-8-23/h1-19H,(H,32,35)/b18-17+. The molecule has 0 unspecified atom stereocenters. The number of nitrogens with one attached hydrogen (secondary N) is 1. The van der Waals surface area contributed by atoms with Crippen molar-refractivity contribution in [1.29, 1.82) is 5.26 Å². The first-order chi connectivity index (χ1) is 17.6. The molecule has 0 saturated heterocycles. The van der Waals surface area contributed by atoms with Crippen molar-refractivity contribution in [1.82, 2.24) is 9.55 Å². The van der Waals surface area contributed by atoms with Crippen LogP contribution in [0.1, 0.15) is 27.3 Å². The van der Waals surface area contributed by atoms with Crippen LogP contribution in [0, 0.1) is 11.3 Å². The summed E-state index contributed by atoms with van der Waals surface area (Å²) in [5, 5.41) is 12.4. The van der Waals surface area contributed by atoms with Crippen molar-refractivity contribution in [2.24, 2.45) is 0 Å². The van der Waals surface area contributed by atoms with E-state index in [1.807, 2.05) is 30.3 Å². The number of para-hydroxylation sites is 1. The van der Waals surface area contributed by atoms with E-state index in [4.69, 9.17) is 10.2 Å². The molecule has 6 nitrogen and oxygen atoms in total. The fourth-order valence-corrected chi connectivity index (χ4v) is 3.87. The maximum absolute atomic E-state index is 13.6. The summed E-state index contributed by atoms with van der Waals surface area (Å²) in [7, 11) is 0. The van der Waals surface area contributed by atoms with Crippen molar-refractivity contribution in [3.05, 3.63) is 136 Å². The van der Waals surface area contributed by atoms with E-state index in [0.29, 0.717) is 39.2 Å². The zero-order chi connectivity index (χ0) is 24.9. The Bertz CT molecular complexity index is 1700. The number of nitrogens with zero attached hydrogens (tertiary/aromatic N) is 3. The summed E-state index contributed by atoms with van der Waals surface area (Å²) in [5.41, 5.74) is 3.48. The number of carbonyl (C=O) groups excluding carboxylic acids is 1. The highest BCUT2D eigenvalue weighted by Crippen LogP contribution is 2.19. The first-order valence-corrected chi connectivity index (χ1v) is 11.3. The smallest absolute Gasteiger partial charge is 0.266 e. The van der Waals surface area contributed by atoms with Crippen molar-refractivity contribution >= 4 is 34.6 Å². The minimum Gasteiger partial charge on any atom is -0.322 e. The molecule has 0 aliphatic rings. The second kappa shape index (κ2) is 9.92. The van der Waals surface area contributed by atoms with Crippen molar-refractivity contribution in [3.8, 4) is 11.8 Å². The lowest BCUT2D eigenvalue weighted by atomic mass is 10.1. The van der Waals surface area contributed by atoms with E-state index in [9.17, 15) is 9.59 Å². The SMILES string of the molecule is N#Cc1ccc(/C=C/c2nc3ccccc3c(=O)n2-c2cccc(NC(=O)c3ccccc3)c2)cc1. The van der Waals surface area contributed by atoms with Crippen LogP contribution < -0.4 is 10.9 Å². The van der Waals surface area contributed by atoms with Gasteiger partial charge in [0, 0.05) is 11.3 Å². The van der Waals surface area contributed by atoms with Gasteiger partial charge in [0.15, 0.2) is 0 Å². The molecule has 0 fully saturated rings. The predicted octanol–water partition coefficient (Wildman–Crippen LogP) is 5.68. The van der Waals surface area contributed by atoms with Crippen molar-refractivity contribution in [2.45, 2.75) is 0 Å². The number of benzene rings is 4. The van der Waals surface area contributed by atoms with Crippen molar-refractivity contribution in [3.63, 3.8) is 0 Å². The maximum atomic E-state index is 13.6. The molecule has 1 N–H and O–H groups in total. The first kappa shape index (κ1) is 22.5. The van der Waals surface area contributed by atoms with Gasteiger partial charge in [0.25, 0.3) is 11.5 Å². The lowest BCUT2D eigenvalue weighted by molar-refractivity contribution is 0.102. The lowest BCUT2D eigenvalue weighted by Crippen LogP contribution is -2.22. The van der Waals surface area contributed by atoms with E-state index < -0.39 is 0 Å². The Morgan fingerprint density at radius 3 is 2.39 bits per heavy atom. The van der Waals surface area contributed by atoms with Gasteiger partial charge >= 0.3 is 0 Å². The van der Waals surface area contributed by atoms with Crippen LogP contribution in [-0.2, 0) is 0 Å². The van der Waals surface area contributed by atoms with Gasteiger partial charge in [0.05, 0.1) is 28.2 Å². The van der Waals surface area contributed by atoms with Gasteiger partial charge < -0.3 is 5.32 Å². The third-order valence-electron chi connectivity index (χ3n) is 5.66. The highest BCUT2D eigenvalue weighted by atomic mass is 16.1. The minimum absolute atomic E-state index is 0.216. The average molecular weight is 469 g/mol. The zero-order valence-electron chi connectivity index (χ0n) is 19.1. The number of carbonyl (C=O) groups is 1. The quantitative estimate of drug-likeness (QED) is 0.359. The number of hydrogen-bond donors (Lipinski definition) is 1. The van der Waals surface area contributed by atoms with Crippen LogP contribution in [0.15, 0.2) is 108 Å². The largest absolute Gasteiger partial charge is 0.322 e. The molecule has 1 amide bonds. The van der Waals surface area contributed by atoms with Crippen LogP contribution in [0.3, 0.4) is 0 Å². The molecule has 0 aliphatic carbocycles. The van der Waals surface area contributed by atoms with E-state index in [2.05, 4.69) is 11.4 Å². The number of rotatable bonds is 5. The Kier molecular flexibility index (Phi) is 6.20. The Balaban J connectivity index is 1.58. The van der Waals surface area contributed by atoms with Gasteiger partial charge in [-0.1, -0.05) is 54.6 Å². The van der Waals surface area contributed by atoms with Gasteiger partial charge in [-0.15, -0.1) is 0 Å². The highest BCUT2D eigenvalue weighted by Gasteiger charge is 2.12. The molecular formula is C30H20N4O2. The summed E-state index contributed by atoms with van der Waals surface area (Å²) < 4.78 is 1.53. The van der Waals surface area contributed by atoms with Crippen LogP contribution in [0.2, 0.25) is 0 Å². The molecule has 0 radical (unpaired) electrons. The topological polar surface area (TPSA) is 87.8 Å². The molecule has 5 aromatic rings. The van der Waals surface area contributed by atoms with Crippen LogP contribution in [0.25, 0.3) is 28.7 Å². The number of hydrogen-bond acceptors (Lipinski definition) is 4. The normalized spacial score (nSPS) is 10.9. The average Bonchev–Trinajstić information content (AvgIpc) is 2.93. The molecule has 172 valence electrons.